The minimum absolute atomic E-state index is 0.138. The topological polar surface area (TPSA) is 73.6 Å². The van der Waals surface area contributed by atoms with Gasteiger partial charge in [-0.2, -0.15) is 0 Å². The van der Waals surface area contributed by atoms with Gasteiger partial charge in [-0.25, -0.2) is 4.79 Å². The van der Waals surface area contributed by atoms with Gasteiger partial charge in [0, 0.05) is 30.0 Å². The van der Waals surface area contributed by atoms with E-state index in [-0.39, 0.29) is 6.29 Å². The maximum atomic E-state index is 10.5. The van der Waals surface area contributed by atoms with Crippen LogP contribution in [-0.4, -0.2) is 42.3 Å². The summed E-state index contributed by atoms with van der Waals surface area (Å²) in [5.74, 6) is 0. The monoisotopic (exact) mass is 234 g/mol. The summed E-state index contributed by atoms with van der Waals surface area (Å²) < 4.78 is 10.9. The van der Waals surface area contributed by atoms with E-state index in [1.54, 1.807) is 0 Å². The van der Waals surface area contributed by atoms with Crippen LogP contribution in [0.3, 0.4) is 0 Å². The second-order valence-corrected chi connectivity index (χ2v) is 4.82. The second-order valence-electron chi connectivity index (χ2n) is 3.34. The van der Waals surface area contributed by atoms with Gasteiger partial charge in [0.1, 0.15) is 0 Å². The third-order valence-electron chi connectivity index (χ3n) is 2.03. The molecule has 0 aliphatic carbocycles. The molecule has 15 heavy (non-hydrogen) atoms. The number of urea groups is 1. The number of hydrogen-bond acceptors (Lipinski definition) is 3. The zero-order valence-corrected chi connectivity index (χ0v) is 11.8. The van der Waals surface area contributed by atoms with Crippen molar-refractivity contribution < 1.29 is 14.3 Å². The predicted molar refractivity (Wildman–Crippen MR) is 62.9 cm³/mol. The Bertz CT molecular complexity index is 175. The summed E-state index contributed by atoms with van der Waals surface area (Å²) >= 11 is 0. The largest absolute Gasteiger partial charge is 0.353 e. The third-order valence-corrected chi connectivity index (χ3v) is 3.15. The van der Waals surface area contributed by atoms with Gasteiger partial charge < -0.3 is 20.5 Å². The van der Waals surface area contributed by atoms with Gasteiger partial charge in [0.15, 0.2) is 6.29 Å². The molecule has 0 spiro atoms. The van der Waals surface area contributed by atoms with Crippen LogP contribution in [0.2, 0.25) is 5.54 Å². The smallest absolute Gasteiger partial charge is 0.312 e. The van der Waals surface area contributed by atoms with E-state index in [2.05, 4.69) is 5.32 Å². The number of ether oxygens (including phenoxy) is 2. The van der Waals surface area contributed by atoms with E-state index in [0.29, 0.717) is 25.3 Å². The van der Waals surface area contributed by atoms with Crippen molar-refractivity contribution in [1.29, 1.82) is 0 Å². The lowest BCUT2D eigenvalue weighted by atomic mass is 10.3. The van der Waals surface area contributed by atoms with Gasteiger partial charge in [0.25, 0.3) is 0 Å². The summed E-state index contributed by atoms with van der Waals surface area (Å²) in [6, 6.07) is -0.478. The van der Waals surface area contributed by atoms with Crippen molar-refractivity contribution in [2.45, 2.75) is 32.1 Å². The molecule has 1 unspecified atom stereocenters. The van der Waals surface area contributed by atoms with Crippen LogP contribution in [0.15, 0.2) is 0 Å². The number of nitrogens with one attached hydrogen (secondary N) is 1. The molecule has 3 N–H and O–H groups in total. The average molecular weight is 234 g/mol. The summed E-state index contributed by atoms with van der Waals surface area (Å²) in [6.07, 6.45) is 0.709. The lowest BCUT2D eigenvalue weighted by Gasteiger charge is -2.23. The molecule has 5 nitrogen and oxygen atoms in total. The first kappa shape index (κ1) is 14.4. The van der Waals surface area contributed by atoms with Crippen LogP contribution in [0, 0.1) is 0 Å². The van der Waals surface area contributed by atoms with E-state index < -0.39 is 6.03 Å². The van der Waals surface area contributed by atoms with Gasteiger partial charge in [-0.15, -0.1) is 0 Å². The molecule has 0 aliphatic rings. The molecule has 6 heteroatoms. The first-order valence-electron chi connectivity index (χ1n) is 5.38. The number of rotatable bonds is 8. The molecule has 2 amide bonds. The van der Waals surface area contributed by atoms with Crippen molar-refractivity contribution in [1.82, 2.24) is 5.32 Å². The Hall–Kier alpha value is -0.593. The molecule has 0 bridgehead atoms. The molecule has 0 heterocycles. The fraction of sp³-hybridized carbons (Fsp3) is 0.889. The highest BCUT2D eigenvalue weighted by Gasteiger charge is 2.17. The van der Waals surface area contributed by atoms with Crippen LogP contribution in [0.25, 0.3) is 0 Å². The molecule has 0 fully saturated rings. The SMILES string of the molecule is CCOC(OCC)C([SiH3])CCNC(N)=O. The molecule has 90 valence electrons. The lowest BCUT2D eigenvalue weighted by Crippen LogP contribution is -2.32. The fourth-order valence-electron chi connectivity index (χ4n) is 1.26. The number of carbonyl (C=O) groups excluding carboxylic acids is 1. The lowest BCUT2D eigenvalue weighted by molar-refractivity contribution is -0.139. The molecule has 0 aromatic carbocycles. The van der Waals surface area contributed by atoms with Crippen molar-refractivity contribution in [3.8, 4) is 0 Å². The molecule has 0 aromatic rings. The Morgan fingerprint density at radius 1 is 1.40 bits per heavy atom. The number of hydrogen-bond donors (Lipinski definition) is 2. The molecule has 0 saturated carbocycles. The summed E-state index contributed by atoms with van der Waals surface area (Å²) in [5.41, 5.74) is 5.34. The third kappa shape index (κ3) is 7.35. The fourth-order valence-corrected chi connectivity index (χ4v) is 1.94. The summed E-state index contributed by atoms with van der Waals surface area (Å²) in [5, 5.41) is 2.57. The summed E-state index contributed by atoms with van der Waals surface area (Å²) in [7, 11) is 0.969. The Morgan fingerprint density at radius 3 is 2.33 bits per heavy atom. The molecule has 0 saturated heterocycles. The van der Waals surface area contributed by atoms with E-state index in [0.717, 1.165) is 16.7 Å². The molecular formula is C9H22N2O3Si. The zero-order chi connectivity index (χ0) is 11.7. The van der Waals surface area contributed by atoms with Crippen molar-refractivity contribution in [3.05, 3.63) is 0 Å². The van der Waals surface area contributed by atoms with E-state index in [1.165, 1.54) is 0 Å². The van der Waals surface area contributed by atoms with Gasteiger partial charge in [-0.1, -0.05) is 0 Å². The zero-order valence-electron chi connectivity index (χ0n) is 9.79. The van der Waals surface area contributed by atoms with Gasteiger partial charge in [0.05, 0.1) is 0 Å². The van der Waals surface area contributed by atoms with Crippen LogP contribution in [-0.2, 0) is 9.47 Å². The van der Waals surface area contributed by atoms with Crippen LogP contribution in [0.5, 0.6) is 0 Å². The Kier molecular flexibility index (Phi) is 8.35. The van der Waals surface area contributed by atoms with Crippen LogP contribution < -0.4 is 11.1 Å². The maximum absolute atomic E-state index is 10.5. The first-order valence-corrected chi connectivity index (χ1v) is 6.53. The van der Waals surface area contributed by atoms with Gasteiger partial charge in [0.2, 0.25) is 0 Å². The summed E-state index contributed by atoms with van der Waals surface area (Å²) in [4.78, 5) is 10.5. The Morgan fingerprint density at radius 2 is 1.93 bits per heavy atom. The van der Waals surface area contributed by atoms with Crippen molar-refractivity contribution in [2.24, 2.45) is 5.73 Å². The number of nitrogens with two attached hydrogens (primary N) is 1. The second kappa shape index (κ2) is 8.69. The normalized spacial score (nSPS) is 13.0. The van der Waals surface area contributed by atoms with E-state index >= 15 is 0 Å². The molecule has 0 radical (unpaired) electrons. The highest BCUT2D eigenvalue weighted by atomic mass is 28.1. The molecule has 1 atom stereocenters. The number of amides is 2. The predicted octanol–water partition coefficient (Wildman–Crippen LogP) is -0.402. The maximum Gasteiger partial charge on any atom is 0.312 e. The number of primary amides is 1. The van der Waals surface area contributed by atoms with Crippen molar-refractivity contribution >= 4 is 16.3 Å². The van der Waals surface area contributed by atoms with Gasteiger partial charge >= 0.3 is 6.03 Å². The standard InChI is InChI=1S/C9H22N2O3Si/c1-3-13-8(14-4-2)7(15)5-6-11-9(10)12/h7-8H,3-6H2,1-2,15H3,(H3,10,11,12). The van der Waals surface area contributed by atoms with Crippen LogP contribution in [0.4, 0.5) is 4.79 Å². The van der Waals surface area contributed by atoms with Gasteiger partial charge in [-0.05, 0) is 25.8 Å². The van der Waals surface area contributed by atoms with E-state index in [1.807, 2.05) is 13.8 Å². The van der Waals surface area contributed by atoms with Crippen LogP contribution in [0.1, 0.15) is 20.3 Å². The van der Waals surface area contributed by atoms with E-state index in [9.17, 15) is 4.79 Å². The molecule has 0 aromatic heterocycles. The number of carbonyl (C=O) groups is 1. The van der Waals surface area contributed by atoms with Crippen molar-refractivity contribution in [2.75, 3.05) is 19.8 Å². The molecule has 0 aliphatic heterocycles. The van der Waals surface area contributed by atoms with Gasteiger partial charge in [-0.3, -0.25) is 0 Å². The highest BCUT2D eigenvalue weighted by molar-refractivity contribution is 6.11. The van der Waals surface area contributed by atoms with Crippen molar-refractivity contribution in [3.63, 3.8) is 0 Å². The van der Waals surface area contributed by atoms with Crippen LogP contribution >= 0.6 is 0 Å². The first-order chi connectivity index (χ1) is 7.11. The average Bonchev–Trinajstić information content (AvgIpc) is 2.16. The summed E-state index contributed by atoms with van der Waals surface area (Å²) in [6.45, 7) is 5.77. The highest BCUT2D eigenvalue weighted by Crippen LogP contribution is 2.15. The Balaban J connectivity index is 3.79. The quantitative estimate of drug-likeness (QED) is 0.443. The Labute approximate surface area is 94.1 Å². The van der Waals surface area contributed by atoms with E-state index in [4.69, 9.17) is 15.2 Å². The minimum Gasteiger partial charge on any atom is -0.353 e. The molecule has 0 rings (SSSR count). The minimum atomic E-state index is -0.478. The molecular weight excluding hydrogens is 212 g/mol.